The maximum absolute atomic E-state index is 2.48. The van der Waals surface area contributed by atoms with E-state index in [1.165, 1.54) is 111 Å². The molecule has 52 heavy (non-hydrogen) atoms. The average molecular weight is 661 g/mol. The molecule has 242 valence electrons. The summed E-state index contributed by atoms with van der Waals surface area (Å²) in [5.74, 6) is 0. The molecule has 2 heterocycles. The van der Waals surface area contributed by atoms with E-state index in [2.05, 4.69) is 179 Å². The molecule has 2 aliphatic rings. The fraction of sp³-hybridized carbons (Fsp3) is 0.0400. The van der Waals surface area contributed by atoms with Crippen molar-refractivity contribution >= 4 is 43.6 Å². The topological polar surface area (TPSA) is 9.86 Å². The maximum atomic E-state index is 2.48. The molecule has 0 saturated heterocycles. The van der Waals surface area contributed by atoms with Gasteiger partial charge in [0.2, 0.25) is 0 Å². The first-order chi connectivity index (χ1) is 25.8. The van der Waals surface area contributed by atoms with Gasteiger partial charge in [-0.1, -0.05) is 121 Å². The third-order valence-electron chi connectivity index (χ3n) is 11.7. The van der Waals surface area contributed by atoms with Crippen LogP contribution in [0.25, 0.3) is 88.4 Å². The van der Waals surface area contributed by atoms with E-state index in [4.69, 9.17) is 0 Å². The van der Waals surface area contributed by atoms with Crippen LogP contribution in [0.3, 0.4) is 0 Å². The van der Waals surface area contributed by atoms with Crippen molar-refractivity contribution in [2.75, 3.05) is 0 Å². The van der Waals surface area contributed by atoms with Gasteiger partial charge in [-0.25, -0.2) is 0 Å². The number of aromatic nitrogens is 2. The summed E-state index contributed by atoms with van der Waals surface area (Å²) in [4.78, 5) is 0. The van der Waals surface area contributed by atoms with E-state index in [1.54, 1.807) is 0 Å². The van der Waals surface area contributed by atoms with Gasteiger partial charge < -0.3 is 9.13 Å². The van der Waals surface area contributed by atoms with Crippen molar-refractivity contribution in [3.05, 3.63) is 192 Å². The standard InChI is InChI=1S/C50H32N2/c1-2-11-37(12-3-1)51-45-16-8-6-14-43(45)49-47(51)24-25-48-50(49)44-15-7-9-17-46(44)52(48)38-20-23-42-36(30-38)29-35-27-32(19-22-41(35)42)31-18-21-40-34(26-31)28-33-10-4-5-13-39(33)40/h1-27,30H,28-29H2. The first-order valence-corrected chi connectivity index (χ1v) is 18.3. The number of benzene rings is 8. The Balaban J connectivity index is 0.984. The summed E-state index contributed by atoms with van der Waals surface area (Å²) >= 11 is 0. The molecule has 2 nitrogen and oxygen atoms in total. The normalized spacial score (nSPS) is 12.8. The lowest BCUT2D eigenvalue weighted by molar-refractivity contribution is 1.16. The zero-order chi connectivity index (χ0) is 33.9. The summed E-state index contributed by atoms with van der Waals surface area (Å²) in [5.41, 5.74) is 21.1. The third kappa shape index (κ3) is 3.84. The Kier molecular flexibility index (Phi) is 5.64. The first kappa shape index (κ1) is 28.1. The summed E-state index contributed by atoms with van der Waals surface area (Å²) in [6, 6.07) is 63.2. The highest BCUT2D eigenvalue weighted by Crippen LogP contribution is 2.45. The monoisotopic (exact) mass is 660 g/mol. The van der Waals surface area contributed by atoms with E-state index in [0.717, 1.165) is 12.8 Å². The smallest absolute Gasteiger partial charge is 0.0548 e. The number of hydrogen-bond acceptors (Lipinski definition) is 0. The van der Waals surface area contributed by atoms with Gasteiger partial charge in [0.05, 0.1) is 22.1 Å². The Morgan fingerprint density at radius 3 is 1.44 bits per heavy atom. The number of hydrogen-bond donors (Lipinski definition) is 0. The zero-order valence-corrected chi connectivity index (χ0v) is 28.5. The second-order valence-corrected chi connectivity index (χ2v) is 14.5. The van der Waals surface area contributed by atoms with Crippen LogP contribution in [0, 0.1) is 0 Å². The van der Waals surface area contributed by atoms with E-state index in [1.807, 2.05) is 0 Å². The Morgan fingerprint density at radius 2 is 0.788 bits per heavy atom. The van der Waals surface area contributed by atoms with Crippen LogP contribution in [0.4, 0.5) is 0 Å². The molecule has 0 fully saturated rings. The molecule has 0 amide bonds. The highest BCUT2D eigenvalue weighted by atomic mass is 15.0. The minimum Gasteiger partial charge on any atom is -0.309 e. The Bertz CT molecular complexity index is 3120. The van der Waals surface area contributed by atoms with Crippen molar-refractivity contribution in [2.24, 2.45) is 0 Å². The van der Waals surface area contributed by atoms with E-state index in [9.17, 15) is 0 Å². The lowest BCUT2D eigenvalue weighted by Crippen LogP contribution is -1.96. The molecule has 0 radical (unpaired) electrons. The molecule has 2 aliphatic carbocycles. The predicted octanol–water partition coefficient (Wildman–Crippen LogP) is 12.7. The van der Waals surface area contributed by atoms with Gasteiger partial charge in [0.15, 0.2) is 0 Å². The first-order valence-electron chi connectivity index (χ1n) is 18.3. The van der Waals surface area contributed by atoms with Crippen molar-refractivity contribution in [1.29, 1.82) is 0 Å². The molecule has 0 bridgehead atoms. The van der Waals surface area contributed by atoms with Crippen LogP contribution in [0.1, 0.15) is 22.3 Å². The van der Waals surface area contributed by atoms with Crippen LogP contribution in [-0.2, 0) is 12.8 Å². The lowest BCUT2D eigenvalue weighted by Gasteiger charge is -2.11. The van der Waals surface area contributed by atoms with Gasteiger partial charge in [0, 0.05) is 32.9 Å². The van der Waals surface area contributed by atoms with Crippen LogP contribution in [0.5, 0.6) is 0 Å². The fourth-order valence-electron chi connectivity index (χ4n) is 9.49. The number of fused-ring (bicyclic) bond motifs is 13. The molecular weight excluding hydrogens is 629 g/mol. The lowest BCUT2D eigenvalue weighted by atomic mass is 9.96. The Hall–Kier alpha value is -6.64. The summed E-state index contributed by atoms with van der Waals surface area (Å²) in [6.45, 7) is 0. The van der Waals surface area contributed by atoms with E-state index in [-0.39, 0.29) is 0 Å². The van der Waals surface area contributed by atoms with E-state index in [0.29, 0.717) is 0 Å². The molecule has 2 aromatic heterocycles. The SMILES string of the molecule is c1ccc(-n2c3ccccc3c3c4c5ccccc5n(-c5ccc6c(c5)Cc5cc(-c7ccc8c(c7)Cc7ccccc7-8)ccc5-6)c4ccc32)cc1. The summed E-state index contributed by atoms with van der Waals surface area (Å²) < 4.78 is 4.90. The van der Waals surface area contributed by atoms with Gasteiger partial charge in [-0.05, 0) is 117 Å². The van der Waals surface area contributed by atoms with Gasteiger partial charge in [-0.3, -0.25) is 0 Å². The summed E-state index contributed by atoms with van der Waals surface area (Å²) in [7, 11) is 0. The molecule has 2 heteroatoms. The van der Waals surface area contributed by atoms with Crippen molar-refractivity contribution < 1.29 is 0 Å². The van der Waals surface area contributed by atoms with Gasteiger partial charge >= 0.3 is 0 Å². The quantitative estimate of drug-likeness (QED) is 0.178. The van der Waals surface area contributed by atoms with Gasteiger partial charge in [0.25, 0.3) is 0 Å². The average Bonchev–Trinajstić information content (AvgIpc) is 3.94. The zero-order valence-electron chi connectivity index (χ0n) is 28.5. The van der Waals surface area contributed by atoms with Gasteiger partial charge in [-0.15, -0.1) is 0 Å². The predicted molar refractivity (Wildman–Crippen MR) is 217 cm³/mol. The minimum atomic E-state index is 0.939. The second-order valence-electron chi connectivity index (χ2n) is 14.5. The summed E-state index contributed by atoms with van der Waals surface area (Å²) in [6.07, 6.45) is 1.95. The van der Waals surface area contributed by atoms with E-state index >= 15 is 0 Å². The molecule has 0 unspecified atom stereocenters. The van der Waals surface area contributed by atoms with Crippen molar-refractivity contribution in [2.45, 2.75) is 12.8 Å². The largest absolute Gasteiger partial charge is 0.309 e. The van der Waals surface area contributed by atoms with Crippen molar-refractivity contribution in [3.8, 4) is 44.8 Å². The molecule has 0 spiro atoms. The molecule has 0 saturated carbocycles. The molecular formula is C50H32N2. The molecule has 8 aromatic carbocycles. The molecule has 10 aromatic rings. The highest BCUT2D eigenvalue weighted by Gasteiger charge is 2.24. The third-order valence-corrected chi connectivity index (χ3v) is 11.7. The van der Waals surface area contributed by atoms with E-state index < -0.39 is 0 Å². The van der Waals surface area contributed by atoms with Crippen LogP contribution < -0.4 is 0 Å². The second kappa shape index (κ2) is 10.4. The van der Waals surface area contributed by atoms with Crippen molar-refractivity contribution in [3.63, 3.8) is 0 Å². The maximum Gasteiger partial charge on any atom is 0.0548 e. The Morgan fingerprint density at radius 1 is 0.308 bits per heavy atom. The van der Waals surface area contributed by atoms with Gasteiger partial charge in [-0.2, -0.15) is 0 Å². The van der Waals surface area contributed by atoms with Crippen molar-refractivity contribution in [1.82, 2.24) is 9.13 Å². The van der Waals surface area contributed by atoms with Crippen LogP contribution in [0.2, 0.25) is 0 Å². The fourth-order valence-corrected chi connectivity index (χ4v) is 9.49. The number of nitrogens with zero attached hydrogens (tertiary/aromatic N) is 2. The molecule has 0 aliphatic heterocycles. The van der Waals surface area contributed by atoms with Gasteiger partial charge in [0.1, 0.15) is 0 Å². The highest BCUT2D eigenvalue weighted by molar-refractivity contribution is 6.28. The number of para-hydroxylation sites is 3. The van der Waals surface area contributed by atoms with Crippen LogP contribution in [0.15, 0.2) is 170 Å². The van der Waals surface area contributed by atoms with Crippen LogP contribution >= 0.6 is 0 Å². The Labute approximate surface area is 301 Å². The number of rotatable bonds is 3. The molecule has 0 atom stereocenters. The molecule has 0 N–H and O–H groups in total. The van der Waals surface area contributed by atoms with Crippen LogP contribution in [-0.4, -0.2) is 9.13 Å². The summed E-state index contributed by atoms with van der Waals surface area (Å²) in [5, 5.41) is 5.18. The molecule has 12 rings (SSSR count). The minimum absolute atomic E-state index is 0.939.